The molecule has 0 aromatic heterocycles. The highest BCUT2D eigenvalue weighted by Crippen LogP contribution is 2.45. The molecule has 3 nitrogen and oxygen atoms in total. The molecule has 1 unspecified atom stereocenters. The van der Waals surface area contributed by atoms with Crippen molar-refractivity contribution in [2.45, 2.75) is 77.2 Å². The molecule has 1 atom stereocenters. The van der Waals surface area contributed by atoms with Gasteiger partial charge in [0.2, 0.25) is 5.87 Å². The molecule has 4 heteroatoms. The van der Waals surface area contributed by atoms with Gasteiger partial charge in [-0.05, 0) is 38.0 Å². The smallest absolute Gasteiger partial charge is 0.218 e. The van der Waals surface area contributed by atoms with E-state index in [-0.39, 0.29) is 0 Å². The zero-order valence-corrected chi connectivity index (χ0v) is 12.0. The highest BCUT2D eigenvalue weighted by Gasteiger charge is 2.44. The van der Waals surface area contributed by atoms with Crippen LogP contribution in [-0.2, 0) is 4.74 Å². The second-order valence-corrected chi connectivity index (χ2v) is 6.14. The van der Waals surface area contributed by atoms with Crippen LogP contribution in [0.2, 0.25) is 0 Å². The Morgan fingerprint density at radius 2 is 2.00 bits per heavy atom. The van der Waals surface area contributed by atoms with E-state index < -0.39 is 11.5 Å². The van der Waals surface area contributed by atoms with Crippen LogP contribution in [0.3, 0.4) is 0 Å². The van der Waals surface area contributed by atoms with Gasteiger partial charge in [0.25, 0.3) is 0 Å². The third-order valence-electron chi connectivity index (χ3n) is 4.05. The van der Waals surface area contributed by atoms with Crippen molar-refractivity contribution in [2.75, 3.05) is 0 Å². The predicted molar refractivity (Wildman–Crippen MR) is 73.1 cm³/mol. The minimum atomic E-state index is -2.49. The van der Waals surface area contributed by atoms with Gasteiger partial charge in [0.05, 0.1) is 5.60 Å². The van der Waals surface area contributed by atoms with Gasteiger partial charge in [0.1, 0.15) is 0 Å². The van der Waals surface area contributed by atoms with Crippen LogP contribution in [0.4, 0.5) is 0 Å². The number of unbranched alkanes of at least 4 members (excludes halogenated alkanes) is 1. The molecule has 1 aliphatic carbocycles. The Morgan fingerprint density at radius 3 is 2.44 bits per heavy atom. The number of rotatable bonds is 8. The second kappa shape index (κ2) is 6.40. The van der Waals surface area contributed by atoms with E-state index in [4.69, 9.17) is 22.8 Å². The predicted octanol–water partition coefficient (Wildman–Crippen LogP) is 2.54. The fraction of sp³-hybridized carbons (Fsp3) is 1.00. The SMILES string of the molecule is [B]C(O)(O)OC1(C)CC(CC(CC)CCCC)C1. The first-order chi connectivity index (χ1) is 8.28. The van der Waals surface area contributed by atoms with Gasteiger partial charge in [0.15, 0.2) is 7.85 Å². The Morgan fingerprint density at radius 1 is 1.39 bits per heavy atom. The molecular formula is C14H27BO3. The minimum absolute atomic E-state index is 0.466. The fourth-order valence-electron chi connectivity index (χ4n) is 3.23. The Hall–Kier alpha value is -0.0551. The van der Waals surface area contributed by atoms with E-state index in [1.807, 2.05) is 6.92 Å². The van der Waals surface area contributed by atoms with Gasteiger partial charge in [0, 0.05) is 0 Å². The maximum Gasteiger partial charge on any atom is 0.218 e. The van der Waals surface area contributed by atoms with Crippen LogP contribution in [0.1, 0.15) is 65.7 Å². The largest absolute Gasteiger partial charge is 0.353 e. The van der Waals surface area contributed by atoms with Crippen molar-refractivity contribution in [1.82, 2.24) is 0 Å². The molecule has 0 bridgehead atoms. The molecule has 1 rings (SSSR count). The van der Waals surface area contributed by atoms with Gasteiger partial charge >= 0.3 is 0 Å². The molecule has 0 saturated heterocycles. The monoisotopic (exact) mass is 254 g/mol. The van der Waals surface area contributed by atoms with Crippen molar-refractivity contribution in [3.05, 3.63) is 0 Å². The second-order valence-electron chi connectivity index (χ2n) is 6.14. The maximum atomic E-state index is 9.06. The molecule has 0 aliphatic heterocycles. The summed E-state index contributed by atoms with van der Waals surface area (Å²) in [5, 5.41) is 18.1. The molecule has 2 N–H and O–H groups in total. The van der Waals surface area contributed by atoms with Gasteiger partial charge in [-0.15, -0.1) is 0 Å². The van der Waals surface area contributed by atoms with Gasteiger partial charge in [-0.1, -0.05) is 39.5 Å². The Labute approximate surface area is 112 Å². The summed E-state index contributed by atoms with van der Waals surface area (Å²) in [7, 11) is 5.06. The van der Waals surface area contributed by atoms with Crippen molar-refractivity contribution in [3.63, 3.8) is 0 Å². The molecule has 0 aromatic rings. The van der Waals surface area contributed by atoms with E-state index in [9.17, 15) is 0 Å². The molecular weight excluding hydrogens is 227 g/mol. The Balaban J connectivity index is 2.28. The molecule has 0 aromatic carbocycles. The minimum Gasteiger partial charge on any atom is -0.353 e. The highest BCUT2D eigenvalue weighted by atomic mass is 16.8. The fourth-order valence-corrected chi connectivity index (χ4v) is 3.23. The zero-order chi connectivity index (χ0) is 13.8. The first-order valence-electron chi connectivity index (χ1n) is 7.21. The van der Waals surface area contributed by atoms with Crippen LogP contribution in [0.15, 0.2) is 0 Å². The van der Waals surface area contributed by atoms with Gasteiger partial charge < -0.3 is 14.9 Å². The van der Waals surface area contributed by atoms with E-state index in [1.165, 1.54) is 32.1 Å². The van der Waals surface area contributed by atoms with E-state index >= 15 is 0 Å². The normalized spacial score (nSPS) is 29.9. The van der Waals surface area contributed by atoms with Gasteiger partial charge in [-0.2, -0.15) is 0 Å². The van der Waals surface area contributed by atoms with Crippen molar-refractivity contribution in [2.24, 2.45) is 11.8 Å². The van der Waals surface area contributed by atoms with Crippen molar-refractivity contribution in [3.8, 4) is 0 Å². The summed E-state index contributed by atoms with van der Waals surface area (Å²) in [6.45, 7) is 6.37. The number of hydrogen-bond donors (Lipinski definition) is 2. The summed E-state index contributed by atoms with van der Waals surface area (Å²) in [4.78, 5) is 0. The summed E-state index contributed by atoms with van der Waals surface area (Å²) in [6.07, 6.45) is 8.07. The van der Waals surface area contributed by atoms with Crippen LogP contribution in [0.25, 0.3) is 0 Å². The van der Waals surface area contributed by atoms with Crippen LogP contribution in [-0.4, -0.2) is 29.5 Å². The molecule has 0 spiro atoms. The third-order valence-corrected chi connectivity index (χ3v) is 4.05. The average molecular weight is 254 g/mol. The maximum absolute atomic E-state index is 9.06. The zero-order valence-electron chi connectivity index (χ0n) is 12.0. The van der Waals surface area contributed by atoms with Crippen molar-refractivity contribution >= 4 is 7.85 Å². The van der Waals surface area contributed by atoms with Gasteiger partial charge in [-0.25, -0.2) is 0 Å². The molecule has 0 amide bonds. The quantitative estimate of drug-likeness (QED) is 0.517. The Kier molecular flexibility index (Phi) is 5.69. The molecule has 18 heavy (non-hydrogen) atoms. The van der Waals surface area contributed by atoms with Crippen molar-refractivity contribution in [1.29, 1.82) is 0 Å². The van der Waals surface area contributed by atoms with Crippen LogP contribution in [0, 0.1) is 11.8 Å². The lowest BCUT2D eigenvalue weighted by Gasteiger charge is -2.48. The molecule has 1 aliphatic rings. The Bertz CT molecular complexity index is 244. The standard InChI is InChI=1S/C14H27BO3/c1-4-6-7-11(5-2)8-12-9-13(3,10-12)18-14(15,16)17/h11-12,16-17H,4-10H2,1-3H3. The highest BCUT2D eigenvalue weighted by molar-refractivity contribution is 6.11. The summed E-state index contributed by atoms with van der Waals surface area (Å²) in [5.74, 6) is -1.06. The van der Waals surface area contributed by atoms with Gasteiger partial charge in [-0.3, -0.25) is 0 Å². The molecule has 0 heterocycles. The molecule has 2 radical (unpaired) electrons. The lowest BCUT2D eigenvalue weighted by molar-refractivity contribution is -0.338. The number of hydrogen-bond acceptors (Lipinski definition) is 3. The lowest BCUT2D eigenvalue weighted by atomic mass is 9.67. The summed E-state index contributed by atoms with van der Waals surface area (Å²) in [5.41, 5.74) is -0.466. The molecule has 104 valence electrons. The van der Waals surface area contributed by atoms with E-state index in [1.54, 1.807) is 0 Å². The van der Waals surface area contributed by atoms with Crippen LogP contribution in [0.5, 0.6) is 0 Å². The molecule has 1 fully saturated rings. The summed E-state index contributed by atoms with van der Waals surface area (Å²) in [6, 6.07) is 0. The van der Waals surface area contributed by atoms with Crippen LogP contribution >= 0.6 is 0 Å². The van der Waals surface area contributed by atoms with Crippen molar-refractivity contribution < 1.29 is 14.9 Å². The first kappa shape index (κ1) is 16.0. The first-order valence-corrected chi connectivity index (χ1v) is 7.21. The average Bonchev–Trinajstić information content (AvgIpc) is 2.18. The summed E-state index contributed by atoms with van der Waals surface area (Å²) >= 11 is 0. The lowest BCUT2D eigenvalue weighted by Crippen LogP contribution is -2.51. The number of ether oxygens (including phenoxy) is 1. The van der Waals surface area contributed by atoms with E-state index in [2.05, 4.69) is 13.8 Å². The third kappa shape index (κ3) is 5.29. The topological polar surface area (TPSA) is 49.7 Å². The summed E-state index contributed by atoms with van der Waals surface area (Å²) < 4.78 is 5.08. The van der Waals surface area contributed by atoms with E-state index in [0.717, 1.165) is 18.8 Å². The number of aliphatic hydroxyl groups is 2. The molecule has 1 saturated carbocycles. The van der Waals surface area contributed by atoms with E-state index in [0.29, 0.717) is 5.92 Å². The van der Waals surface area contributed by atoms with Crippen LogP contribution < -0.4 is 0 Å².